The molecule has 3 rings (SSSR count). The minimum Gasteiger partial charge on any atom is -0.368 e. The molecule has 4 heteroatoms. The van der Waals surface area contributed by atoms with Gasteiger partial charge in [0.2, 0.25) is 0 Å². The number of imidazole rings is 1. The Hall–Kier alpha value is -1.81. The number of hydrogen-bond acceptors (Lipinski definition) is 3. The van der Waals surface area contributed by atoms with Gasteiger partial charge in [0.1, 0.15) is 5.82 Å². The van der Waals surface area contributed by atoms with Crippen molar-refractivity contribution in [3.63, 3.8) is 0 Å². The highest BCUT2D eigenvalue weighted by molar-refractivity contribution is 5.54. The lowest BCUT2D eigenvalue weighted by molar-refractivity contribution is 0.496. The minimum atomic E-state index is 0.557. The van der Waals surface area contributed by atoms with E-state index < -0.39 is 0 Å². The first-order valence-corrected chi connectivity index (χ1v) is 7.82. The van der Waals surface area contributed by atoms with E-state index in [2.05, 4.69) is 64.1 Å². The van der Waals surface area contributed by atoms with Gasteiger partial charge in [-0.3, -0.25) is 0 Å². The molecule has 0 spiro atoms. The Morgan fingerprint density at radius 2 is 2.14 bits per heavy atom. The summed E-state index contributed by atoms with van der Waals surface area (Å²) in [7, 11) is 0. The van der Waals surface area contributed by atoms with Crippen LogP contribution in [0.1, 0.15) is 24.7 Å². The fourth-order valence-corrected chi connectivity index (χ4v) is 3.01. The Labute approximate surface area is 126 Å². The monoisotopic (exact) mass is 284 g/mol. The highest BCUT2D eigenvalue weighted by Gasteiger charge is 2.19. The highest BCUT2D eigenvalue weighted by atomic mass is 15.2. The number of aromatic nitrogens is 2. The van der Waals surface area contributed by atoms with E-state index in [1.165, 1.54) is 11.3 Å². The maximum atomic E-state index is 4.31. The molecule has 1 N–H and O–H groups in total. The van der Waals surface area contributed by atoms with Crippen LogP contribution in [0.25, 0.3) is 0 Å². The molecular formula is C17H24N4. The minimum absolute atomic E-state index is 0.557. The molecule has 1 aromatic heterocycles. The zero-order chi connectivity index (χ0) is 14.7. The lowest BCUT2D eigenvalue weighted by Gasteiger charge is -2.27. The molecule has 4 nitrogen and oxygen atoms in total. The van der Waals surface area contributed by atoms with E-state index in [1.54, 1.807) is 0 Å². The van der Waals surface area contributed by atoms with Crippen molar-refractivity contribution in [3.05, 3.63) is 48.0 Å². The van der Waals surface area contributed by atoms with Gasteiger partial charge in [-0.2, -0.15) is 0 Å². The zero-order valence-corrected chi connectivity index (χ0v) is 12.9. The molecule has 112 valence electrons. The number of nitrogens with one attached hydrogen (secondary N) is 1. The van der Waals surface area contributed by atoms with Crippen LogP contribution in [-0.4, -0.2) is 28.7 Å². The zero-order valence-electron chi connectivity index (χ0n) is 12.9. The second kappa shape index (κ2) is 6.31. The van der Waals surface area contributed by atoms with Crippen LogP contribution < -0.4 is 10.2 Å². The molecule has 1 aliphatic heterocycles. The van der Waals surface area contributed by atoms with Crippen LogP contribution in [0.2, 0.25) is 0 Å². The Kier molecular flexibility index (Phi) is 4.25. The molecule has 0 fully saturated rings. The maximum Gasteiger partial charge on any atom is 0.105 e. The number of anilines is 1. The molecule has 1 aromatic carbocycles. The van der Waals surface area contributed by atoms with Gasteiger partial charge in [0.25, 0.3) is 0 Å². The number of nitrogens with zero attached hydrogens (tertiary/aromatic N) is 3. The second-order valence-electron chi connectivity index (χ2n) is 5.73. The number of benzene rings is 1. The third-order valence-corrected chi connectivity index (χ3v) is 4.38. The van der Waals surface area contributed by atoms with Crippen LogP contribution in [0.5, 0.6) is 0 Å². The summed E-state index contributed by atoms with van der Waals surface area (Å²) in [5.74, 6) is 1.09. The van der Waals surface area contributed by atoms with Crippen molar-refractivity contribution in [2.24, 2.45) is 0 Å². The van der Waals surface area contributed by atoms with Gasteiger partial charge in [-0.25, -0.2) is 4.98 Å². The van der Waals surface area contributed by atoms with Gasteiger partial charge in [0.15, 0.2) is 0 Å². The van der Waals surface area contributed by atoms with Gasteiger partial charge < -0.3 is 14.8 Å². The molecule has 0 aliphatic carbocycles. The molecule has 0 bridgehead atoms. The Bertz CT molecular complexity index is 590. The molecule has 2 aromatic rings. The first-order chi connectivity index (χ1) is 10.3. The van der Waals surface area contributed by atoms with Crippen molar-refractivity contribution in [2.75, 3.05) is 18.0 Å². The van der Waals surface area contributed by atoms with E-state index in [0.717, 1.165) is 38.4 Å². The smallest absolute Gasteiger partial charge is 0.105 e. The fourth-order valence-electron chi connectivity index (χ4n) is 3.01. The van der Waals surface area contributed by atoms with Gasteiger partial charge in [-0.05, 0) is 25.0 Å². The summed E-state index contributed by atoms with van der Waals surface area (Å²) in [4.78, 5) is 6.82. The normalized spacial score (nSPS) is 18.4. The molecule has 21 heavy (non-hydrogen) atoms. The molecule has 0 saturated heterocycles. The molecule has 1 aliphatic rings. The fraction of sp³-hybridized carbons (Fsp3) is 0.471. The summed E-state index contributed by atoms with van der Waals surface area (Å²) < 4.78 is 2.22. The van der Waals surface area contributed by atoms with Gasteiger partial charge in [-0.1, -0.05) is 25.1 Å². The summed E-state index contributed by atoms with van der Waals surface area (Å²) in [6.45, 7) is 8.36. The number of aryl methyl sites for hydroxylation is 1. The molecule has 1 unspecified atom stereocenters. The lowest BCUT2D eigenvalue weighted by atomic mass is 10.1. The molecule has 2 heterocycles. The lowest BCUT2D eigenvalue weighted by Crippen LogP contribution is -2.39. The summed E-state index contributed by atoms with van der Waals surface area (Å²) >= 11 is 0. The van der Waals surface area contributed by atoms with E-state index in [9.17, 15) is 0 Å². The average molecular weight is 284 g/mol. The molecule has 0 amide bonds. The number of hydrogen-bond donors (Lipinski definition) is 1. The van der Waals surface area contributed by atoms with E-state index >= 15 is 0 Å². The predicted molar refractivity (Wildman–Crippen MR) is 86.5 cm³/mol. The highest BCUT2D eigenvalue weighted by Crippen LogP contribution is 2.23. The average Bonchev–Trinajstić information content (AvgIpc) is 2.83. The topological polar surface area (TPSA) is 33.1 Å². The van der Waals surface area contributed by atoms with Crippen LogP contribution in [-0.2, 0) is 13.1 Å². The van der Waals surface area contributed by atoms with E-state index in [0.29, 0.717) is 6.04 Å². The molecule has 0 radical (unpaired) electrons. The predicted octanol–water partition coefficient (Wildman–Crippen LogP) is 2.58. The second-order valence-corrected chi connectivity index (χ2v) is 5.73. The van der Waals surface area contributed by atoms with Crippen LogP contribution >= 0.6 is 0 Å². The third-order valence-electron chi connectivity index (χ3n) is 4.38. The quantitative estimate of drug-likeness (QED) is 0.937. The standard InChI is InChI=1S/C17H24N4/c1-3-16-13-21(11-10-20-9-8-18-14(20)2)17-7-5-4-6-15(17)12-19-16/h4-9,16,19H,3,10-13H2,1-2H3. The number of para-hydroxylation sites is 1. The van der Waals surface area contributed by atoms with Gasteiger partial charge in [0, 0.05) is 50.3 Å². The maximum absolute atomic E-state index is 4.31. The largest absolute Gasteiger partial charge is 0.368 e. The SMILES string of the molecule is CCC1CN(CCn2ccnc2C)c2ccccc2CN1. The van der Waals surface area contributed by atoms with Crippen molar-refractivity contribution in [1.29, 1.82) is 0 Å². The number of rotatable bonds is 4. The van der Waals surface area contributed by atoms with E-state index in [1.807, 2.05) is 6.20 Å². The van der Waals surface area contributed by atoms with Gasteiger partial charge in [0.05, 0.1) is 0 Å². The summed E-state index contributed by atoms with van der Waals surface area (Å²) in [5, 5.41) is 3.66. The first-order valence-electron chi connectivity index (χ1n) is 7.82. The van der Waals surface area contributed by atoms with Crippen LogP contribution in [0.15, 0.2) is 36.7 Å². The molecular weight excluding hydrogens is 260 g/mol. The summed E-state index contributed by atoms with van der Waals surface area (Å²) in [6.07, 6.45) is 5.10. The third kappa shape index (κ3) is 3.10. The molecule has 0 saturated carbocycles. The van der Waals surface area contributed by atoms with Crippen molar-refractivity contribution in [2.45, 2.75) is 39.4 Å². The van der Waals surface area contributed by atoms with E-state index in [4.69, 9.17) is 0 Å². The van der Waals surface area contributed by atoms with E-state index in [-0.39, 0.29) is 0 Å². The Morgan fingerprint density at radius 1 is 1.29 bits per heavy atom. The van der Waals surface area contributed by atoms with Gasteiger partial charge >= 0.3 is 0 Å². The summed E-state index contributed by atoms with van der Waals surface area (Å²) in [5.41, 5.74) is 2.77. The van der Waals surface area contributed by atoms with Crippen molar-refractivity contribution in [3.8, 4) is 0 Å². The van der Waals surface area contributed by atoms with Crippen LogP contribution in [0.3, 0.4) is 0 Å². The van der Waals surface area contributed by atoms with Crippen LogP contribution in [0, 0.1) is 6.92 Å². The number of fused-ring (bicyclic) bond motifs is 1. The van der Waals surface area contributed by atoms with Crippen molar-refractivity contribution >= 4 is 5.69 Å². The summed E-state index contributed by atoms with van der Waals surface area (Å²) in [6, 6.07) is 9.30. The van der Waals surface area contributed by atoms with Crippen LogP contribution in [0.4, 0.5) is 5.69 Å². The van der Waals surface area contributed by atoms with Crippen molar-refractivity contribution < 1.29 is 0 Å². The first kappa shape index (κ1) is 14.1. The van der Waals surface area contributed by atoms with Crippen molar-refractivity contribution in [1.82, 2.24) is 14.9 Å². The Morgan fingerprint density at radius 3 is 2.90 bits per heavy atom. The Balaban J connectivity index is 1.79. The molecule has 1 atom stereocenters. The van der Waals surface area contributed by atoms with Gasteiger partial charge in [-0.15, -0.1) is 0 Å².